The Bertz CT molecular complexity index is 629. The zero-order valence-electron chi connectivity index (χ0n) is 12.2. The van der Waals surface area contributed by atoms with Gasteiger partial charge in [-0.15, -0.1) is 0 Å². The predicted octanol–water partition coefficient (Wildman–Crippen LogP) is 3.60. The van der Waals surface area contributed by atoms with Crippen molar-refractivity contribution in [1.82, 2.24) is 0 Å². The number of hydrogen-bond acceptors (Lipinski definition) is 4. The first-order valence-electron chi connectivity index (χ1n) is 6.50. The van der Waals surface area contributed by atoms with Crippen LogP contribution in [0.1, 0.15) is 33.0 Å². The zero-order chi connectivity index (χ0) is 14.7. The fraction of sp³-hybridized carbons (Fsp3) is 0.312. The van der Waals surface area contributed by atoms with Crippen LogP contribution < -0.4 is 5.32 Å². The zero-order valence-corrected chi connectivity index (χ0v) is 12.2. The lowest BCUT2D eigenvalue weighted by Gasteiger charge is -2.09. The normalized spacial score (nSPS) is 10.4. The van der Waals surface area contributed by atoms with Crippen LogP contribution >= 0.6 is 0 Å². The fourth-order valence-electron chi connectivity index (χ4n) is 2.07. The number of methoxy groups -OCH3 is 1. The number of nitrogens with one attached hydrogen (secondary N) is 1. The van der Waals surface area contributed by atoms with Gasteiger partial charge in [0.05, 0.1) is 13.7 Å². The third-order valence-electron chi connectivity index (χ3n) is 3.43. The summed E-state index contributed by atoms with van der Waals surface area (Å²) < 4.78 is 10.3. The number of carbonyl (C=O) groups excluding carboxylic acids is 1. The number of rotatable bonds is 4. The van der Waals surface area contributed by atoms with E-state index in [1.54, 1.807) is 13.0 Å². The summed E-state index contributed by atoms with van der Waals surface area (Å²) in [6.07, 6.45) is 0. The highest BCUT2D eigenvalue weighted by atomic mass is 16.5. The highest BCUT2D eigenvalue weighted by Gasteiger charge is 2.15. The van der Waals surface area contributed by atoms with Gasteiger partial charge in [0.15, 0.2) is 0 Å². The van der Waals surface area contributed by atoms with Gasteiger partial charge in [0.2, 0.25) is 0 Å². The molecule has 0 radical (unpaired) electrons. The van der Waals surface area contributed by atoms with E-state index >= 15 is 0 Å². The van der Waals surface area contributed by atoms with Gasteiger partial charge < -0.3 is 14.5 Å². The van der Waals surface area contributed by atoms with Gasteiger partial charge >= 0.3 is 5.97 Å². The van der Waals surface area contributed by atoms with Crippen LogP contribution in [0.3, 0.4) is 0 Å². The van der Waals surface area contributed by atoms with Crippen molar-refractivity contribution in [3.05, 3.63) is 52.5 Å². The molecule has 4 nitrogen and oxygen atoms in total. The van der Waals surface area contributed by atoms with Crippen molar-refractivity contribution in [2.45, 2.75) is 27.3 Å². The Morgan fingerprint density at radius 3 is 2.75 bits per heavy atom. The van der Waals surface area contributed by atoms with E-state index in [9.17, 15) is 4.79 Å². The minimum absolute atomic E-state index is 0.371. The molecule has 0 aliphatic carbocycles. The number of anilines is 1. The van der Waals surface area contributed by atoms with E-state index in [0.29, 0.717) is 23.6 Å². The first-order chi connectivity index (χ1) is 9.52. The van der Waals surface area contributed by atoms with Gasteiger partial charge in [-0.2, -0.15) is 0 Å². The summed E-state index contributed by atoms with van der Waals surface area (Å²) in [5, 5.41) is 3.32. The highest BCUT2D eigenvalue weighted by molar-refractivity contribution is 5.90. The number of carbonyl (C=O) groups is 1. The number of aryl methyl sites for hydroxylation is 2. The van der Waals surface area contributed by atoms with Crippen molar-refractivity contribution in [3.8, 4) is 0 Å². The number of ether oxygens (including phenoxy) is 1. The Balaban J connectivity index is 2.12. The number of furan rings is 1. The second-order valence-corrected chi connectivity index (χ2v) is 4.78. The molecule has 0 saturated carbocycles. The summed E-state index contributed by atoms with van der Waals surface area (Å²) in [6.45, 7) is 6.44. The van der Waals surface area contributed by atoms with Crippen LogP contribution in [-0.2, 0) is 11.3 Å². The Kier molecular flexibility index (Phi) is 4.13. The van der Waals surface area contributed by atoms with Crippen molar-refractivity contribution in [3.63, 3.8) is 0 Å². The van der Waals surface area contributed by atoms with E-state index in [1.807, 2.05) is 12.1 Å². The molecule has 0 saturated heterocycles. The van der Waals surface area contributed by atoms with Gasteiger partial charge in [-0.1, -0.05) is 12.1 Å². The summed E-state index contributed by atoms with van der Waals surface area (Å²) in [6, 6.07) is 7.84. The van der Waals surface area contributed by atoms with Crippen LogP contribution in [0, 0.1) is 20.8 Å². The molecule has 0 amide bonds. The van der Waals surface area contributed by atoms with Crippen LogP contribution in [0.15, 0.2) is 28.7 Å². The standard InChI is InChI=1S/C16H19NO3/c1-10-6-5-7-15(11(10)2)17-9-13-8-14(12(3)20-13)16(18)19-4/h5-8,17H,9H2,1-4H3. The van der Waals surface area contributed by atoms with Crippen LogP contribution in [0.2, 0.25) is 0 Å². The minimum Gasteiger partial charge on any atom is -0.465 e. The predicted molar refractivity (Wildman–Crippen MR) is 78.0 cm³/mol. The molecule has 1 heterocycles. The second kappa shape index (κ2) is 5.82. The number of esters is 1. The van der Waals surface area contributed by atoms with Gasteiger partial charge in [0.1, 0.15) is 17.1 Å². The van der Waals surface area contributed by atoms with Gasteiger partial charge in [0.25, 0.3) is 0 Å². The summed E-state index contributed by atoms with van der Waals surface area (Å²) in [5.74, 6) is 0.919. The van der Waals surface area contributed by atoms with Crippen molar-refractivity contribution < 1.29 is 13.9 Å². The number of benzene rings is 1. The molecule has 0 bridgehead atoms. The molecule has 2 rings (SSSR count). The van der Waals surface area contributed by atoms with Crippen LogP contribution in [0.4, 0.5) is 5.69 Å². The Morgan fingerprint density at radius 1 is 1.30 bits per heavy atom. The first kappa shape index (κ1) is 14.2. The molecule has 2 aromatic rings. The summed E-state index contributed by atoms with van der Waals surface area (Å²) in [5.41, 5.74) is 3.99. The third-order valence-corrected chi connectivity index (χ3v) is 3.43. The molecule has 0 unspecified atom stereocenters. The van der Waals surface area contributed by atoms with Gasteiger partial charge in [-0.05, 0) is 44.0 Å². The lowest BCUT2D eigenvalue weighted by atomic mass is 10.1. The van der Waals surface area contributed by atoms with E-state index < -0.39 is 0 Å². The average Bonchev–Trinajstić information content (AvgIpc) is 2.81. The van der Waals surface area contributed by atoms with E-state index in [1.165, 1.54) is 18.2 Å². The SMILES string of the molecule is COC(=O)c1cc(CNc2cccc(C)c2C)oc1C. The van der Waals surface area contributed by atoms with Gasteiger partial charge in [0, 0.05) is 5.69 Å². The maximum absolute atomic E-state index is 11.5. The lowest BCUT2D eigenvalue weighted by molar-refractivity contribution is 0.0599. The Morgan fingerprint density at radius 2 is 2.05 bits per heavy atom. The fourth-order valence-corrected chi connectivity index (χ4v) is 2.07. The third kappa shape index (κ3) is 2.85. The van der Waals surface area contributed by atoms with Crippen molar-refractivity contribution in [2.24, 2.45) is 0 Å². The smallest absolute Gasteiger partial charge is 0.341 e. The molecule has 0 spiro atoms. The van der Waals surface area contributed by atoms with E-state index in [-0.39, 0.29) is 5.97 Å². The van der Waals surface area contributed by atoms with Crippen LogP contribution in [-0.4, -0.2) is 13.1 Å². The molecule has 1 aromatic heterocycles. The molecule has 0 aliphatic heterocycles. The highest BCUT2D eigenvalue weighted by Crippen LogP contribution is 2.21. The topological polar surface area (TPSA) is 51.5 Å². The summed E-state index contributed by atoms with van der Waals surface area (Å²) in [4.78, 5) is 11.5. The molecule has 1 aromatic carbocycles. The summed E-state index contributed by atoms with van der Waals surface area (Å²) >= 11 is 0. The minimum atomic E-state index is -0.371. The Hall–Kier alpha value is -2.23. The van der Waals surface area contributed by atoms with Crippen LogP contribution in [0.25, 0.3) is 0 Å². The van der Waals surface area contributed by atoms with Gasteiger partial charge in [-0.3, -0.25) is 0 Å². The largest absolute Gasteiger partial charge is 0.465 e. The quantitative estimate of drug-likeness (QED) is 0.865. The molecule has 0 aliphatic rings. The molecule has 4 heteroatoms. The number of hydrogen-bond donors (Lipinski definition) is 1. The average molecular weight is 273 g/mol. The molecular formula is C16H19NO3. The molecule has 0 fully saturated rings. The van der Waals surface area contributed by atoms with Crippen LogP contribution in [0.5, 0.6) is 0 Å². The lowest BCUT2D eigenvalue weighted by Crippen LogP contribution is -2.02. The molecule has 0 atom stereocenters. The maximum Gasteiger partial charge on any atom is 0.341 e. The van der Waals surface area contributed by atoms with Crippen molar-refractivity contribution in [2.75, 3.05) is 12.4 Å². The molecule has 106 valence electrons. The molecule has 1 N–H and O–H groups in total. The Labute approximate surface area is 118 Å². The summed E-state index contributed by atoms with van der Waals surface area (Å²) in [7, 11) is 1.36. The van der Waals surface area contributed by atoms with Crippen molar-refractivity contribution in [1.29, 1.82) is 0 Å². The maximum atomic E-state index is 11.5. The molecular weight excluding hydrogens is 254 g/mol. The molecule has 20 heavy (non-hydrogen) atoms. The first-order valence-corrected chi connectivity index (χ1v) is 6.50. The van der Waals surface area contributed by atoms with E-state index in [0.717, 1.165) is 5.69 Å². The van der Waals surface area contributed by atoms with E-state index in [4.69, 9.17) is 9.15 Å². The van der Waals surface area contributed by atoms with E-state index in [2.05, 4.69) is 25.2 Å². The monoisotopic (exact) mass is 273 g/mol. The second-order valence-electron chi connectivity index (χ2n) is 4.78. The van der Waals surface area contributed by atoms with Crippen molar-refractivity contribution >= 4 is 11.7 Å². The van der Waals surface area contributed by atoms with Gasteiger partial charge in [-0.25, -0.2) is 4.79 Å².